The van der Waals surface area contributed by atoms with E-state index in [1.165, 1.54) is 25.7 Å². The molecule has 1 nitrogen and oxygen atoms in total. The highest BCUT2D eigenvalue weighted by molar-refractivity contribution is 6.44. The van der Waals surface area contributed by atoms with E-state index in [4.69, 9.17) is 34.8 Å². The highest BCUT2D eigenvalue weighted by atomic mass is 35.5. The van der Waals surface area contributed by atoms with Gasteiger partial charge in [-0.25, -0.2) is 0 Å². The Morgan fingerprint density at radius 1 is 1.00 bits per heavy atom. The van der Waals surface area contributed by atoms with Crippen LogP contribution in [0.3, 0.4) is 0 Å². The van der Waals surface area contributed by atoms with Crippen LogP contribution in [0.25, 0.3) is 0 Å². The SMILES string of the molecule is CCCCCCNCc1c(Cl)ccc(Cl)c1Cl. The summed E-state index contributed by atoms with van der Waals surface area (Å²) in [5.41, 5.74) is 0.885. The van der Waals surface area contributed by atoms with Gasteiger partial charge in [0.1, 0.15) is 0 Å². The van der Waals surface area contributed by atoms with Gasteiger partial charge in [0.05, 0.1) is 10.0 Å². The van der Waals surface area contributed by atoms with Crippen LogP contribution in [0.2, 0.25) is 15.1 Å². The molecular formula is C13H18Cl3N. The molecule has 0 aliphatic carbocycles. The van der Waals surface area contributed by atoms with Crippen molar-refractivity contribution >= 4 is 34.8 Å². The van der Waals surface area contributed by atoms with Crippen molar-refractivity contribution in [1.29, 1.82) is 0 Å². The van der Waals surface area contributed by atoms with Crippen molar-refractivity contribution in [3.05, 3.63) is 32.8 Å². The van der Waals surface area contributed by atoms with Crippen LogP contribution in [0, 0.1) is 0 Å². The van der Waals surface area contributed by atoms with Crippen molar-refractivity contribution in [3.63, 3.8) is 0 Å². The van der Waals surface area contributed by atoms with E-state index in [-0.39, 0.29) is 0 Å². The second kappa shape index (κ2) is 8.20. The third kappa shape index (κ3) is 5.05. The normalized spacial score (nSPS) is 10.8. The van der Waals surface area contributed by atoms with Gasteiger partial charge in [0.2, 0.25) is 0 Å². The average molecular weight is 295 g/mol. The second-order valence-corrected chi connectivity index (χ2v) is 5.25. The van der Waals surface area contributed by atoms with Crippen LogP contribution >= 0.6 is 34.8 Å². The van der Waals surface area contributed by atoms with Crippen LogP contribution in [-0.2, 0) is 6.54 Å². The van der Waals surface area contributed by atoms with Gasteiger partial charge in [-0.2, -0.15) is 0 Å². The van der Waals surface area contributed by atoms with Gasteiger partial charge < -0.3 is 5.32 Å². The van der Waals surface area contributed by atoms with E-state index >= 15 is 0 Å². The number of nitrogens with one attached hydrogen (secondary N) is 1. The zero-order valence-electron chi connectivity index (χ0n) is 10.0. The van der Waals surface area contributed by atoms with Crippen molar-refractivity contribution in [2.24, 2.45) is 0 Å². The summed E-state index contributed by atoms with van der Waals surface area (Å²) in [7, 11) is 0. The predicted octanol–water partition coefficient (Wildman–Crippen LogP) is 5.32. The molecule has 0 heterocycles. The summed E-state index contributed by atoms with van der Waals surface area (Å²) in [6, 6.07) is 3.50. The quantitative estimate of drug-likeness (QED) is 0.530. The Kier molecular flexibility index (Phi) is 7.29. The van der Waals surface area contributed by atoms with Gasteiger partial charge in [0.25, 0.3) is 0 Å². The van der Waals surface area contributed by atoms with E-state index in [1.807, 2.05) is 0 Å². The predicted molar refractivity (Wildman–Crippen MR) is 77.3 cm³/mol. The van der Waals surface area contributed by atoms with Crippen LogP contribution in [0.1, 0.15) is 38.2 Å². The first-order valence-corrected chi connectivity index (χ1v) is 7.13. The molecule has 1 aromatic carbocycles. The van der Waals surface area contributed by atoms with Crippen LogP contribution in [0.4, 0.5) is 0 Å². The molecule has 17 heavy (non-hydrogen) atoms. The largest absolute Gasteiger partial charge is 0.313 e. The Balaban J connectivity index is 2.39. The minimum Gasteiger partial charge on any atom is -0.313 e. The van der Waals surface area contributed by atoms with Crippen molar-refractivity contribution in [2.45, 2.75) is 39.2 Å². The molecule has 0 spiro atoms. The maximum atomic E-state index is 6.10. The van der Waals surface area contributed by atoms with Crippen LogP contribution in [-0.4, -0.2) is 6.54 Å². The van der Waals surface area contributed by atoms with E-state index in [1.54, 1.807) is 12.1 Å². The van der Waals surface area contributed by atoms with Crippen LogP contribution < -0.4 is 5.32 Å². The molecule has 0 saturated carbocycles. The van der Waals surface area contributed by atoms with Crippen LogP contribution in [0.15, 0.2) is 12.1 Å². The summed E-state index contributed by atoms with van der Waals surface area (Å²) in [4.78, 5) is 0. The highest BCUT2D eigenvalue weighted by Crippen LogP contribution is 2.31. The Morgan fingerprint density at radius 2 is 1.71 bits per heavy atom. The number of rotatable bonds is 7. The fraction of sp³-hybridized carbons (Fsp3) is 0.538. The van der Waals surface area contributed by atoms with E-state index in [0.717, 1.165) is 12.1 Å². The molecule has 0 bridgehead atoms. The molecule has 0 amide bonds. The summed E-state index contributed by atoms with van der Waals surface area (Å²) in [6.45, 7) is 3.86. The van der Waals surface area contributed by atoms with E-state index < -0.39 is 0 Å². The number of hydrogen-bond donors (Lipinski definition) is 1. The summed E-state index contributed by atoms with van der Waals surface area (Å²) in [5, 5.41) is 5.12. The third-order valence-corrected chi connectivity index (χ3v) is 3.85. The number of unbranched alkanes of at least 4 members (excludes halogenated alkanes) is 3. The van der Waals surface area contributed by atoms with Gasteiger partial charge in [-0.15, -0.1) is 0 Å². The second-order valence-electron chi connectivity index (χ2n) is 4.06. The molecule has 0 fully saturated rings. The fourth-order valence-electron chi connectivity index (χ4n) is 1.62. The third-order valence-electron chi connectivity index (χ3n) is 2.65. The molecule has 0 aliphatic rings. The zero-order valence-corrected chi connectivity index (χ0v) is 12.3. The van der Waals surface area contributed by atoms with Crippen molar-refractivity contribution in [1.82, 2.24) is 5.32 Å². The maximum Gasteiger partial charge on any atom is 0.0652 e. The molecule has 1 aromatic rings. The lowest BCUT2D eigenvalue weighted by Crippen LogP contribution is -2.15. The minimum atomic E-state index is 0.554. The lowest BCUT2D eigenvalue weighted by molar-refractivity contribution is 0.598. The smallest absolute Gasteiger partial charge is 0.0652 e. The lowest BCUT2D eigenvalue weighted by Gasteiger charge is -2.09. The molecule has 0 aliphatic heterocycles. The highest BCUT2D eigenvalue weighted by Gasteiger charge is 2.08. The monoisotopic (exact) mass is 293 g/mol. The Bertz CT molecular complexity index is 353. The Morgan fingerprint density at radius 3 is 2.41 bits per heavy atom. The molecular weight excluding hydrogens is 277 g/mol. The molecule has 96 valence electrons. The topological polar surface area (TPSA) is 12.0 Å². The van der Waals surface area contributed by atoms with Crippen molar-refractivity contribution in [3.8, 4) is 0 Å². The summed E-state index contributed by atoms with van der Waals surface area (Å²) in [5.74, 6) is 0. The van der Waals surface area contributed by atoms with Gasteiger partial charge in [0.15, 0.2) is 0 Å². The van der Waals surface area contributed by atoms with E-state index in [2.05, 4.69) is 12.2 Å². The van der Waals surface area contributed by atoms with Crippen molar-refractivity contribution < 1.29 is 0 Å². The average Bonchev–Trinajstić information content (AvgIpc) is 2.32. The molecule has 1 rings (SSSR count). The van der Waals surface area contributed by atoms with E-state index in [9.17, 15) is 0 Å². The van der Waals surface area contributed by atoms with Gasteiger partial charge in [-0.05, 0) is 25.1 Å². The Hall–Kier alpha value is 0.0500. The number of halogens is 3. The van der Waals surface area contributed by atoms with Crippen LogP contribution in [0.5, 0.6) is 0 Å². The Labute approximate surface area is 118 Å². The number of benzene rings is 1. The summed E-state index contributed by atoms with van der Waals surface area (Å²) < 4.78 is 0. The summed E-state index contributed by atoms with van der Waals surface area (Å²) in [6.07, 6.45) is 5.00. The van der Waals surface area contributed by atoms with Gasteiger partial charge in [0, 0.05) is 17.1 Å². The first-order chi connectivity index (χ1) is 8.16. The molecule has 0 unspecified atom stereocenters. The van der Waals surface area contributed by atoms with Gasteiger partial charge in [-0.1, -0.05) is 61.0 Å². The zero-order chi connectivity index (χ0) is 12.7. The lowest BCUT2D eigenvalue weighted by atomic mass is 10.2. The number of hydrogen-bond acceptors (Lipinski definition) is 1. The first-order valence-electron chi connectivity index (χ1n) is 6.00. The van der Waals surface area contributed by atoms with E-state index in [0.29, 0.717) is 21.6 Å². The minimum absolute atomic E-state index is 0.554. The molecule has 0 atom stereocenters. The standard InChI is InChI=1S/C13H18Cl3N/c1-2-3-4-5-8-17-9-10-11(14)6-7-12(15)13(10)16/h6-7,17H,2-5,8-9H2,1H3. The molecule has 0 aromatic heterocycles. The van der Waals surface area contributed by atoms with Gasteiger partial charge >= 0.3 is 0 Å². The molecule has 1 N–H and O–H groups in total. The summed E-state index contributed by atoms with van der Waals surface area (Å²) >= 11 is 18.1. The molecule has 4 heteroatoms. The van der Waals surface area contributed by atoms with Gasteiger partial charge in [-0.3, -0.25) is 0 Å². The first kappa shape index (κ1) is 15.1. The molecule has 0 saturated heterocycles. The molecule has 0 radical (unpaired) electrons. The maximum absolute atomic E-state index is 6.10. The fourth-order valence-corrected chi connectivity index (χ4v) is 2.30. The van der Waals surface area contributed by atoms with Crippen molar-refractivity contribution in [2.75, 3.05) is 6.54 Å².